The molecule has 0 unspecified atom stereocenters. The first-order valence-electron chi connectivity index (χ1n) is 11.2. The summed E-state index contributed by atoms with van der Waals surface area (Å²) < 4.78 is 5.60. The van der Waals surface area contributed by atoms with Crippen molar-refractivity contribution >= 4 is 5.91 Å². The van der Waals surface area contributed by atoms with Crippen molar-refractivity contribution in [3.05, 3.63) is 47.6 Å². The summed E-state index contributed by atoms with van der Waals surface area (Å²) in [5.74, 6) is 2.24. The number of benzene rings is 1. The van der Waals surface area contributed by atoms with Crippen molar-refractivity contribution in [3.8, 4) is 0 Å². The van der Waals surface area contributed by atoms with E-state index >= 15 is 0 Å². The van der Waals surface area contributed by atoms with Crippen LogP contribution in [0.3, 0.4) is 0 Å². The van der Waals surface area contributed by atoms with E-state index in [1.54, 1.807) is 0 Å². The lowest BCUT2D eigenvalue weighted by Gasteiger charge is -2.26. The zero-order chi connectivity index (χ0) is 19.6. The smallest absolute Gasteiger partial charge is 0.226 e. The third-order valence-corrected chi connectivity index (χ3v) is 6.92. The van der Waals surface area contributed by atoms with Gasteiger partial charge in [-0.15, -0.1) is 0 Å². The fraction of sp³-hybridized carbons (Fsp3) is 0.609. The van der Waals surface area contributed by atoms with E-state index in [0.29, 0.717) is 30.3 Å². The van der Waals surface area contributed by atoms with Gasteiger partial charge in [0.1, 0.15) is 0 Å². The minimum absolute atomic E-state index is 0.293. The van der Waals surface area contributed by atoms with E-state index in [4.69, 9.17) is 9.51 Å². The Balaban J connectivity index is 1.22. The second kappa shape index (κ2) is 8.27. The molecule has 1 aromatic carbocycles. The second-order valence-electron chi connectivity index (χ2n) is 8.70. The molecular formula is C23H30N4O2. The van der Waals surface area contributed by atoms with Gasteiger partial charge in [0.2, 0.25) is 11.8 Å². The summed E-state index contributed by atoms with van der Waals surface area (Å²) in [6, 6.07) is 11.8. The number of aryl methyl sites for hydroxylation is 1. The lowest BCUT2D eigenvalue weighted by Crippen LogP contribution is -2.36. The minimum atomic E-state index is 0.293. The van der Waals surface area contributed by atoms with Crippen LogP contribution in [0.4, 0.5) is 0 Å². The summed E-state index contributed by atoms with van der Waals surface area (Å²) in [5, 5.41) is 4.37. The highest BCUT2D eigenvalue weighted by molar-refractivity contribution is 5.76. The predicted octanol–water partition coefficient (Wildman–Crippen LogP) is 3.71. The highest BCUT2D eigenvalue weighted by Gasteiger charge is 2.46. The molecule has 6 heteroatoms. The Bertz CT molecular complexity index is 836. The Morgan fingerprint density at radius 3 is 2.86 bits per heavy atom. The first-order chi connectivity index (χ1) is 14.3. The summed E-state index contributed by atoms with van der Waals surface area (Å²) in [6.45, 7) is 2.86. The fourth-order valence-corrected chi connectivity index (χ4v) is 5.49. The van der Waals surface area contributed by atoms with E-state index in [2.05, 4.69) is 40.4 Å². The van der Waals surface area contributed by atoms with Gasteiger partial charge < -0.3 is 9.42 Å². The van der Waals surface area contributed by atoms with E-state index in [9.17, 15) is 4.79 Å². The standard InChI is InChI=1S/C23H30N4O2/c28-22-12-4-5-13-26(22)14-7-11-21-24-23(25-29-21)18-16-20(17-8-2-1-3-9-17)27-15-6-10-19(18)27/h1-3,8-9,18-20H,4-7,10-16H2/t18-,19+,20-/m1/s1. The summed E-state index contributed by atoms with van der Waals surface area (Å²) in [5.41, 5.74) is 1.40. The summed E-state index contributed by atoms with van der Waals surface area (Å²) in [6.07, 6.45) is 8.03. The van der Waals surface area contributed by atoms with Crippen LogP contribution in [-0.2, 0) is 11.2 Å². The van der Waals surface area contributed by atoms with Crippen molar-refractivity contribution < 1.29 is 9.32 Å². The van der Waals surface area contributed by atoms with Crippen molar-refractivity contribution in [3.63, 3.8) is 0 Å². The molecule has 29 heavy (non-hydrogen) atoms. The number of hydrogen-bond acceptors (Lipinski definition) is 5. The average Bonchev–Trinajstić information content (AvgIpc) is 3.47. The molecule has 3 aliphatic heterocycles. The van der Waals surface area contributed by atoms with E-state index in [1.807, 2.05) is 4.90 Å². The number of aromatic nitrogens is 2. The maximum Gasteiger partial charge on any atom is 0.226 e. The third-order valence-electron chi connectivity index (χ3n) is 6.92. The number of nitrogens with zero attached hydrogens (tertiary/aromatic N) is 4. The summed E-state index contributed by atoms with van der Waals surface area (Å²) in [4.78, 5) is 21.3. The first-order valence-corrected chi connectivity index (χ1v) is 11.2. The molecule has 0 saturated carbocycles. The van der Waals surface area contributed by atoms with Gasteiger partial charge >= 0.3 is 0 Å². The molecule has 154 valence electrons. The zero-order valence-corrected chi connectivity index (χ0v) is 17.0. The number of carbonyl (C=O) groups is 1. The van der Waals surface area contributed by atoms with E-state index in [1.165, 1.54) is 18.4 Å². The quantitative estimate of drug-likeness (QED) is 0.747. The lowest BCUT2D eigenvalue weighted by molar-refractivity contribution is -0.133. The molecule has 0 radical (unpaired) electrons. The Morgan fingerprint density at radius 2 is 2.00 bits per heavy atom. The van der Waals surface area contributed by atoms with Gasteiger partial charge in [0, 0.05) is 43.9 Å². The summed E-state index contributed by atoms with van der Waals surface area (Å²) >= 11 is 0. The predicted molar refractivity (Wildman–Crippen MR) is 109 cm³/mol. The molecule has 3 aliphatic rings. The van der Waals surface area contributed by atoms with E-state index in [-0.39, 0.29) is 0 Å². The van der Waals surface area contributed by atoms with E-state index in [0.717, 1.165) is 63.5 Å². The van der Waals surface area contributed by atoms with Gasteiger partial charge in [-0.1, -0.05) is 35.5 Å². The topological polar surface area (TPSA) is 62.5 Å². The molecule has 6 nitrogen and oxygen atoms in total. The monoisotopic (exact) mass is 394 g/mol. The number of carbonyl (C=O) groups excluding carboxylic acids is 1. The normalized spacial score (nSPS) is 27.5. The number of rotatable bonds is 6. The molecule has 1 aromatic heterocycles. The fourth-order valence-electron chi connectivity index (χ4n) is 5.49. The highest BCUT2D eigenvalue weighted by Crippen LogP contribution is 2.48. The molecule has 0 N–H and O–H groups in total. The zero-order valence-electron chi connectivity index (χ0n) is 17.0. The molecule has 0 spiro atoms. The van der Waals surface area contributed by atoms with E-state index < -0.39 is 0 Å². The molecule has 2 aromatic rings. The SMILES string of the molecule is O=C1CCCCN1CCCc1nc([C@@H]2C[C@H](c3ccccc3)N3CCC[C@@H]23)no1. The van der Waals surface area contributed by atoms with Crippen molar-refractivity contribution in [2.45, 2.75) is 69.4 Å². The number of fused-ring (bicyclic) bond motifs is 1. The van der Waals surface area contributed by atoms with Crippen molar-refractivity contribution in [1.29, 1.82) is 0 Å². The molecule has 1 amide bonds. The maximum atomic E-state index is 11.9. The number of likely N-dealkylation sites (tertiary alicyclic amines) is 1. The first kappa shape index (κ1) is 18.8. The van der Waals surface area contributed by atoms with Gasteiger partial charge in [-0.05, 0) is 50.6 Å². The second-order valence-corrected chi connectivity index (χ2v) is 8.70. The Morgan fingerprint density at radius 1 is 1.10 bits per heavy atom. The van der Waals surface area contributed by atoms with Gasteiger partial charge in [-0.2, -0.15) is 4.98 Å². The average molecular weight is 395 g/mol. The van der Waals surface area contributed by atoms with Crippen LogP contribution in [0.5, 0.6) is 0 Å². The summed E-state index contributed by atoms with van der Waals surface area (Å²) in [7, 11) is 0. The van der Waals surface area contributed by atoms with Crippen LogP contribution < -0.4 is 0 Å². The molecular weight excluding hydrogens is 364 g/mol. The molecule has 3 atom stereocenters. The minimum Gasteiger partial charge on any atom is -0.343 e. The molecule has 5 rings (SSSR count). The van der Waals surface area contributed by atoms with Crippen molar-refractivity contribution in [2.24, 2.45) is 0 Å². The Hall–Kier alpha value is -2.21. The molecule has 3 saturated heterocycles. The van der Waals surface area contributed by atoms with Crippen LogP contribution in [0.15, 0.2) is 34.9 Å². The maximum absolute atomic E-state index is 11.9. The van der Waals surface area contributed by atoms with Gasteiger partial charge in [0.05, 0.1) is 0 Å². The van der Waals surface area contributed by atoms with Crippen LogP contribution in [0, 0.1) is 0 Å². The van der Waals surface area contributed by atoms with Crippen molar-refractivity contribution in [2.75, 3.05) is 19.6 Å². The van der Waals surface area contributed by atoms with Gasteiger partial charge in [-0.3, -0.25) is 9.69 Å². The van der Waals surface area contributed by atoms with Gasteiger partial charge in [-0.25, -0.2) is 0 Å². The number of amides is 1. The van der Waals surface area contributed by atoms with Crippen molar-refractivity contribution in [1.82, 2.24) is 19.9 Å². The Labute approximate surface area is 172 Å². The number of piperidine rings is 1. The highest BCUT2D eigenvalue weighted by atomic mass is 16.5. The lowest BCUT2D eigenvalue weighted by atomic mass is 9.94. The molecule has 0 aliphatic carbocycles. The van der Waals surface area contributed by atoms with Crippen LogP contribution in [0.25, 0.3) is 0 Å². The molecule has 4 heterocycles. The van der Waals surface area contributed by atoms with Gasteiger partial charge in [0.25, 0.3) is 0 Å². The van der Waals surface area contributed by atoms with Gasteiger partial charge in [0.15, 0.2) is 5.82 Å². The van der Waals surface area contributed by atoms with Crippen LogP contribution in [0.1, 0.15) is 74.2 Å². The van der Waals surface area contributed by atoms with Crippen LogP contribution in [-0.4, -0.2) is 51.5 Å². The largest absolute Gasteiger partial charge is 0.343 e. The van der Waals surface area contributed by atoms with Crippen LogP contribution in [0.2, 0.25) is 0 Å². The third kappa shape index (κ3) is 3.82. The Kier molecular flexibility index (Phi) is 5.36. The number of hydrogen-bond donors (Lipinski definition) is 0. The molecule has 0 bridgehead atoms. The molecule has 3 fully saturated rings. The van der Waals surface area contributed by atoms with Crippen LogP contribution >= 0.6 is 0 Å².